The van der Waals surface area contributed by atoms with E-state index in [1.54, 1.807) is 0 Å². The van der Waals surface area contributed by atoms with Crippen molar-refractivity contribution in [3.05, 3.63) is 36.4 Å². The Kier molecular flexibility index (Phi) is 2.78. The lowest BCUT2D eigenvalue weighted by atomic mass is 9.90. The van der Waals surface area contributed by atoms with Crippen LogP contribution in [0.1, 0.15) is 12.5 Å². The van der Waals surface area contributed by atoms with Crippen LogP contribution in [0.2, 0.25) is 0 Å². The standard InChI is InChI=1S/C13H16O2/c1-3-11-4-6-12(7-5-11)15-10-13(2)8-14-9-13/h3-7H,1,8-10H2,2H3. The fraction of sp³-hybridized carbons (Fsp3) is 0.385. The van der Waals surface area contributed by atoms with Gasteiger partial charge in [-0.25, -0.2) is 0 Å². The normalized spacial score (nSPS) is 17.9. The monoisotopic (exact) mass is 204 g/mol. The van der Waals surface area contributed by atoms with Crippen molar-refractivity contribution in [2.75, 3.05) is 19.8 Å². The van der Waals surface area contributed by atoms with Crippen molar-refractivity contribution in [2.45, 2.75) is 6.92 Å². The van der Waals surface area contributed by atoms with E-state index < -0.39 is 0 Å². The van der Waals surface area contributed by atoms with E-state index in [2.05, 4.69) is 13.5 Å². The highest BCUT2D eigenvalue weighted by molar-refractivity contribution is 5.48. The molecular formula is C13H16O2. The van der Waals surface area contributed by atoms with E-state index >= 15 is 0 Å². The third-order valence-electron chi connectivity index (χ3n) is 2.60. The highest BCUT2D eigenvalue weighted by Crippen LogP contribution is 2.27. The zero-order valence-corrected chi connectivity index (χ0v) is 9.03. The van der Waals surface area contributed by atoms with Crippen LogP contribution in [0.3, 0.4) is 0 Å². The fourth-order valence-corrected chi connectivity index (χ4v) is 1.49. The Bertz CT molecular complexity index is 336. The summed E-state index contributed by atoms with van der Waals surface area (Å²) in [5, 5.41) is 0. The van der Waals surface area contributed by atoms with Gasteiger partial charge < -0.3 is 9.47 Å². The van der Waals surface area contributed by atoms with Gasteiger partial charge in [-0.1, -0.05) is 31.7 Å². The van der Waals surface area contributed by atoms with Gasteiger partial charge in [-0.15, -0.1) is 0 Å². The molecule has 0 unspecified atom stereocenters. The summed E-state index contributed by atoms with van der Waals surface area (Å²) in [5.41, 5.74) is 1.32. The molecule has 0 atom stereocenters. The second kappa shape index (κ2) is 4.07. The van der Waals surface area contributed by atoms with Gasteiger partial charge in [-0.3, -0.25) is 0 Å². The van der Waals surface area contributed by atoms with Crippen molar-refractivity contribution in [2.24, 2.45) is 5.41 Å². The van der Waals surface area contributed by atoms with E-state index in [9.17, 15) is 0 Å². The molecule has 0 aliphatic carbocycles. The van der Waals surface area contributed by atoms with Gasteiger partial charge >= 0.3 is 0 Å². The van der Waals surface area contributed by atoms with Crippen molar-refractivity contribution in [3.63, 3.8) is 0 Å². The number of hydrogen-bond donors (Lipinski definition) is 0. The maximum Gasteiger partial charge on any atom is 0.119 e. The minimum atomic E-state index is 0.205. The molecule has 1 aromatic carbocycles. The van der Waals surface area contributed by atoms with Gasteiger partial charge in [0.2, 0.25) is 0 Å². The molecule has 80 valence electrons. The van der Waals surface area contributed by atoms with Crippen molar-refractivity contribution in [1.29, 1.82) is 0 Å². The Labute approximate surface area is 90.5 Å². The Morgan fingerprint density at radius 2 is 2.07 bits per heavy atom. The van der Waals surface area contributed by atoms with Gasteiger partial charge in [0.05, 0.1) is 19.8 Å². The van der Waals surface area contributed by atoms with Gasteiger partial charge in [0.15, 0.2) is 0 Å². The first-order valence-corrected chi connectivity index (χ1v) is 5.15. The van der Waals surface area contributed by atoms with Crippen molar-refractivity contribution in [3.8, 4) is 5.75 Å². The van der Waals surface area contributed by atoms with Gasteiger partial charge in [-0.05, 0) is 17.7 Å². The number of hydrogen-bond acceptors (Lipinski definition) is 2. The zero-order chi connectivity index (χ0) is 10.7. The second-order valence-corrected chi connectivity index (χ2v) is 4.37. The van der Waals surface area contributed by atoms with Crippen LogP contribution >= 0.6 is 0 Å². The van der Waals surface area contributed by atoms with Gasteiger partial charge in [0.25, 0.3) is 0 Å². The molecule has 0 bridgehead atoms. The molecule has 2 nitrogen and oxygen atoms in total. The van der Waals surface area contributed by atoms with E-state index in [1.807, 2.05) is 30.3 Å². The largest absolute Gasteiger partial charge is 0.493 e. The molecule has 0 aromatic heterocycles. The third kappa shape index (κ3) is 2.39. The lowest BCUT2D eigenvalue weighted by molar-refractivity contribution is -0.120. The molecular weight excluding hydrogens is 188 g/mol. The van der Waals surface area contributed by atoms with E-state index in [-0.39, 0.29) is 5.41 Å². The topological polar surface area (TPSA) is 18.5 Å². The minimum absolute atomic E-state index is 0.205. The van der Waals surface area contributed by atoms with Crippen LogP contribution < -0.4 is 4.74 Å². The SMILES string of the molecule is C=Cc1ccc(OCC2(C)COC2)cc1. The zero-order valence-electron chi connectivity index (χ0n) is 9.03. The van der Waals surface area contributed by atoms with Crippen molar-refractivity contribution >= 4 is 6.08 Å². The maximum atomic E-state index is 5.70. The van der Waals surface area contributed by atoms with E-state index in [1.165, 1.54) is 0 Å². The van der Waals surface area contributed by atoms with Crippen molar-refractivity contribution in [1.82, 2.24) is 0 Å². The van der Waals surface area contributed by atoms with E-state index in [4.69, 9.17) is 9.47 Å². The number of benzene rings is 1. The lowest BCUT2D eigenvalue weighted by Crippen LogP contribution is -2.44. The van der Waals surface area contributed by atoms with Crippen LogP contribution in [0.25, 0.3) is 6.08 Å². The predicted octanol–water partition coefficient (Wildman–Crippen LogP) is 2.74. The first-order chi connectivity index (χ1) is 7.22. The second-order valence-electron chi connectivity index (χ2n) is 4.37. The molecule has 1 aliphatic rings. The Hall–Kier alpha value is -1.28. The molecule has 0 amide bonds. The van der Waals surface area contributed by atoms with Crippen LogP contribution in [-0.4, -0.2) is 19.8 Å². The highest BCUT2D eigenvalue weighted by Gasteiger charge is 2.34. The average molecular weight is 204 g/mol. The van der Waals surface area contributed by atoms with Crippen molar-refractivity contribution < 1.29 is 9.47 Å². The van der Waals surface area contributed by atoms with Crippen LogP contribution in [-0.2, 0) is 4.74 Å². The fourth-order valence-electron chi connectivity index (χ4n) is 1.49. The maximum absolute atomic E-state index is 5.70. The molecule has 1 saturated heterocycles. The highest BCUT2D eigenvalue weighted by atomic mass is 16.5. The molecule has 15 heavy (non-hydrogen) atoms. The van der Waals surface area contributed by atoms with Crippen LogP contribution in [0.15, 0.2) is 30.8 Å². The summed E-state index contributed by atoms with van der Waals surface area (Å²) in [6.45, 7) is 8.22. The first kappa shape index (κ1) is 10.2. The third-order valence-corrected chi connectivity index (χ3v) is 2.60. The summed E-state index contributed by atoms with van der Waals surface area (Å²) in [7, 11) is 0. The summed E-state index contributed by atoms with van der Waals surface area (Å²) >= 11 is 0. The Morgan fingerprint density at radius 1 is 1.40 bits per heavy atom. The molecule has 1 fully saturated rings. The number of rotatable bonds is 4. The molecule has 1 aliphatic heterocycles. The molecule has 0 radical (unpaired) electrons. The summed E-state index contributed by atoms with van der Waals surface area (Å²) < 4.78 is 10.9. The first-order valence-electron chi connectivity index (χ1n) is 5.15. The molecule has 1 heterocycles. The lowest BCUT2D eigenvalue weighted by Gasteiger charge is -2.37. The van der Waals surface area contributed by atoms with Gasteiger partial charge in [-0.2, -0.15) is 0 Å². The smallest absolute Gasteiger partial charge is 0.119 e. The molecule has 0 N–H and O–H groups in total. The predicted molar refractivity (Wildman–Crippen MR) is 61.0 cm³/mol. The molecule has 0 saturated carbocycles. The van der Waals surface area contributed by atoms with E-state index in [0.29, 0.717) is 0 Å². The van der Waals surface area contributed by atoms with Crippen LogP contribution in [0.5, 0.6) is 5.75 Å². The van der Waals surface area contributed by atoms with Crippen LogP contribution in [0.4, 0.5) is 0 Å². The van der Waals surface area contributed by atoms with Crippen LogP contribution in [0, 0.1) is 5.41 Å². The molecule has 2 rings (SSSR count). The number of ether oxygens (including phenoxy) is 2. The Morgan fingerprint density at radius 3 is 2.53 bits per heavy atom. The molecule has 1 aromatic rings. The summed E-state index contributed by atoms with van der Waals surface area (Å²) in [6, 6.07) is 7.95. The molecule has 2 heteroatoms. The summed E-state index contributed by atoms with van der Waals surface area (Å²) in [6.07, 6.45) is 1.82. The molecule has 0 spiro atoms. The minimum Gasteiger partial charge on any atom is -0.493 e. The van der Waals surface area contributed by atoms with Gasteiger partial charge in [0.1, 0.15) is 5.75 Å². The summed E-state index contributed by atoms with van der Waals surface area (Å²) in [5.74, 6) is 0.911. The Balaban J connectivity index is 1.90. The van der Waals surface area contributed by atoms with Gasteiger partial charge in [0, 0.05) is 5.41 Å². The summed E-state index contributed by atoms with van der Waals surface area (Å²) in [4.78, 5) is 0. The quantitative estimate of drug-likeness (QED) is 0.750. The average Bonchev–Trinajstić information content (AvgIpc) is 2.24. The van der Waals surface area contributed by atoms with E-state index in [0.717, 1.165) is 31.1 Å².